The van der Waals surface area contributed by atoms with E-state index < -0.39 is 0 Å². The molecule has 0 spiro atoms. The fourth-order valence-electron chi connectivity index (χ4n) is 1.57. The van der Waals surface area contributed by atoms with Gasteiger partial charge in [-0.2, -0.15) is 0 Å². The van der Waals surface area contributed by atoms with E-state index in [1.165, 1.54) is 0 Å². The monoisotopic (exact) mass is 252 g/mol. The average molecular weight is 253 g/mol. The van der Waals surface area contributed by atoms with Crippen molar-refractivity contribution in [2.75, 3.05) is 20.6 Å². The van der Waals surface area contributed by atoms with Gasteiger partial charge in [0, 0.05) is 30.7 Å². The maximum atomic E-state index is 11.3. The lowest BCUT2D eigenvalue weighted by atomic mass is 10.1. The molecule has 0 radical (unpaired) electrons. The van der Waals surface area contributed by atoms with Crippen molar-refractivity contribution in [2.45, 2.75) is 6.54 Å². The van der Waals surface area contributed by atoms with Gasteiger partial charge in [0.1, 0.15) is 0 Å². The van der Waals surface area contributed by atoms with E-state index in [2.05, 4.69) is 16.8 Å². The molecule has 1 rings (SSSR count). The molecule has 0 saturated carbocycles. The summed E-state index contributed by atoms with van der Waals surface area (Å²) in [6, 6.07) is 7.52. The summed E-state index contributed by atoms with van der Waals surface area (Å²) in [5.74, 6) is -0.0703. The Labute approximate surface area is 107 Å². The van der Waals surface area contributed by atoms with Crippen LogP contribution in [0.2, 0.25) is 0 Å². The maximum absolute atomic E-state index is 11.3. The highest BCUT2D eigenvalue weighted by molar-refractivity contribution is 6.29. The third-order valence-electron chi connectivity index (χ3n) is 2.34. The Morgan fingerprint density at radius 3 is 2.47 bits per heavy atom. The van der Waals surface area contributed by atoms with Crippen LogP contribution in [0.15, 0.2) is 35.9 Å². The Bertz CT molecular complexity index is 400. The van der Waals surface area contributed by atoms with Crippen LogP contribution in [0.3, 0.4) is 0 Å². The van der Waals surface area contributed by atoms with E-state index in [1.807, 2.05) is 31.3 Å². The molecule has 17 heavy (non-hydrogen) atoms. The molecule has 3 nitrogen and oxygen atoms in total. The number of nitrogens with one attached hydrogen (secondary N) is 1. The first-order valence-corrected chi connectivity index (χ1v) is 5.73. The minimum absolute atomic E-state index is 0.0703. The number of amides is 1. The number of likely N-dealkylation sites (N-methyl/N-ethyl adjacent to an activating group) is 1. The zero-order chi connectivity index (χ0) is 12.8. The summed E-state index contributed by atoms with van der Waals surface area (Å²) in [6.45, 7) is 5.09. The largest absolute Gasteiger partial charge is 0.355 e. The van der Waals surface area contributed by atoms with Gasteiger partial charge in [0.15, 0.2) is 0 Å². The number of nitrogens with zero attached hydrogens (tertiary/aromatic N) is 1. The number of carbonyl (C=O) groups excluding carboxylic acids is 1. The first-order chi connectivity index (χ1) is 8.02. The van der Waals surface area contributed by atoms with Crippen LogP contribution in [-0.2, 0) is 6.54 Å². The van der Waals surface area contributed by atoms with Gasteiger partial charge in [-0.25, -0.2) is 0 Å². The zero-order valence-electron chi connectivity index (χ0n) is 10.2. The Morgan fingerprint density at radius 1 is 1.41 bits per heavy atom. The minimum atomic E-state index is -0.0703. The molecule has 0 aromatic heterocycles. The van der Waals surface area contributed by atoms with Crippen molar-refractivity contribution in [2.24, 2.45) is 0 Å². The molecule has 0 atom stereocenters. The molecule has 0 unspecified atom stereocenters. The number of hydrogen-bond donors (Lipinski definition) is 1. The molecule has 0 heterocycles. The molecule has 1 aromatic carbocycles. The number of halogens is 1. The zero-order valence-corrected chi connectivity index (χ0v) is 10.9. The van der Waals surface area contributed by atoms with E-state index in [1.54, 1.807) is 7.05 Å². The average Bonchev–Trinajstić information content (AvgIpc) is 2.28. The van der Waals surface area contributed by atoms with E-state index >= 15 is 0 Å². The van der Waals surface area contributed by atoms with Crippen LogP contribution in [0.5, 0.6) is 0 Å². The summed E-state index contributed by atoms with van der Waals surface area (Å²) < 4.78 is 0. The van der Waals surface area contributed by atoms with Crippen molar-refractivity contribution in [3.05, 3.63) is 47.0 Å². The molecule has 0 aliphatic rings. The van der Waals surface area contributed by atoms with Crippen molar-refractivity contribution < 1.29 is 4.79 Å². The number of benzene rings is 1. The van der Waals surface area contributed by atoms with Crippen LogP contribution in [0.25, 0.3) is 0 Å². The smallest absolute Gasteiger partial charge is 0.251 e. The molecule has 0 fully saturated rings. The Balaban J connectivity index is 2.62. The van der Waals surface area contributed by atoms with E-state index in [4.69, 9.17) is 11.6 Å². The summed E-state index contributed by atoms with van der Waals surface area (Å²) in [4.78, 5) is 13.4. The first kappa shape index (κ1) is 13.7. The van der Waals surface area contributed by atoms with E-state index in [-0.39, 0.29) is 5.91 Å². The second kappa shape index (κ2) is 6.42. The first-order valence-electron chi connectivity index (χ1n) is 5.35. The molecule has 0 bridgehead atoms. The Hall–Kier alpha value is -1.32. The van der Waals surface area contributed by atoms with E-state index in [0.717, 1.165) is 12.1 Å². The highest BCUT2D eigenvalue weighted by Gasteiger charge is 2.04. The molecule has 1 aromatic rings. The second-order valence-corrected chi connectivity index (χ2v) is 4.50. The normalized spacial score (nSPS) is 10.4. The molecule has 92 valence electrons. The van der Waals surface area contributed by atoms with Crippen LogP contribution in [0, 0.1) is 0 Å². The third kappa shape index (κ3) is 4.59. The summed E-state index contributed by atoms with van der Waals surface area (Å²) in [5.41, 5.74) is 1.80. The van der Waals surface area contributed by atoms with Gasteiger partial charge in [0.25, 0.3) is 5.91 Å². The van der Waals surface area contributed by atoms with Crippen molar-refractivity contribution in [1.82, 2.24) is 10.2 Å². The van der Waals surface area contributed by atoms with E-state index in [0.29, 0.717) is 17.1 Å². The topological polar surface area (TPSA) is 32.3 Å². The number of rotatable bonds is 5. The van der Waals surface area contributed by atoms with Gasteiger partial charge in [0.05, 0.1) is 0 Å². The van der Waals surface area contributed by atoms with Crippen LogP contribution in [0.1, 0.15) is 15.9 Å². The third-order valence-corrected chi connectivity index (χ3v) is 2.46. The molecule has 0 aliphatic heterocycles. The van der Waals surface area contributed by atoms with Crippen LogP contribution in [0.4, 0.5) is 0 Å². The standard InChI is InChI=1S/C13H17ClN2O/c1-10(14)8-16(3)9-11-4-6-12(7-5-11)13(17)15-2/h4-7H,1,8-9H2,2-3H3,(H,15,17). The highest BCUT2D eigenvalue weighted by atomic mass is 35.5. The fraction of sp³-hybridized carbons (Fsp3) is 0.308. The number of carbonyl (C=O) groups is 1. The Kier molecular flexibility index (Phi) is 5.19. The fourth-order valence-corrected chi connectivity index (χ4v) is 1.77. The van der Waals surface area contributed by atoms with Gasteiger partial charge in [-0.15, -0.1) is 0 Å². The van der Waals surface area contributed by atoms with Gasteiger partial charge in [-0.1, -0.05) is 30.3 Å². The van der Waals surface area contributed by atoms with Crippen molar-refractivity contribution >= 4 is 17.5 Å². The molecule has 1 amide bonds. The van der Waals surface area contributed by atoms with Crippen LogP contribution < -0.4 is 5.32 Å². The van der Waals surface area contributed by atoms with Gasteiger partial charge in [-0.3, -0.25) is 9.69 Å². The molecular weight excluding hydrogens is 236 g/mol. The van der Waals surface area contributed by atoms with Gasteiger partial charge in [-0.05, 0) is 24.7 Å². The van der Waals surface area contributed by atoms with Crippen LogP contribution in [-0.4, -0.2) is 31.4 Å². The van der Waals surface area contributed by atoms with Gasteiger partial charge in [0.2, 0.25) is 0 Å². The van der Waals surface area contributed by atoms with E-state index in [9.17, 15) is 4.79 Å². The van der Waals surface area contributed by atoms with Gasteiger partial charge >= 0.3 is 0 Å². The van der Waals surface area contributed by atoms with Gasteiger partial charge < -0.3 is 5.32 Å². The summed E-state index contributed by atoms with van der Waals surface area (Å²) >= 11 is 5.74. The second-order valence-electron chi connectivity index (χ2n) is 3.97. The predicted octanol–water partition coefficient (Wildman–Crippen LogP) is 2.23. The minimum Gasteiger partial charge on any atom is -0.355 e. The summed E-state index contributed by atoms with van der Waals surface area (Å²) in [6.07, 6.45) is 0. The quantitative estimate of drug-likeness (QED) is 0.872. The highest BCUT2D eigenvalue weighted by Crippen LogP contribution is 2.08. The lowest BCUT2D eigenvalue weighted by molar-refractivity contribution is 0.0963. The SMILES string of the molecule is C=C(Cl)CN(C)Cc1ccc(C(=O)NC)cc1. The van der Waals surface area contributed by atoms with Crippen LogP contribution >= 0.6 is 11.6 Å². The maximum Gasteiger partial charge on any atom is 0.251 e. The molecule has 4 heteroatoms. The number of hydrogen-bond acceptors (Lipinski definition) is 2. The lowest BCUT2D eigenvalue weighted by Crippen LogP contribution is -2.20. The molecule has 1 N–H and O–H groups in total. The molecular formula is C13H17ClN2O. The molecule has 0 saturated heterocycles. The van der Waals surface area contributed by atoms with Crippen molar-refractivity contribution in [1.29, 1.82) is 0 Å². The van der Waals surface area contributed by atoms with Crippen molar-refractivity contribution in [3.8, 4) is 0 Å². The Morgan fingerprint density at radius 2 is 2.00 bits per heavy atom. The molecule has 0 aliphatic carbocycles. The lowest BCUT2D eigenvalue weighted by Gasteiger charge is -2.15. The predicted molar refractivity (Wildman–Crippen MR) is 71.2 cm³/mol. The summed E-state index contributed by atoms with van der Waals surface area (Å²) in [7, 11) is 3.59. The van der Waals surface area contributed by atoms with Crippen molar-refractivity contribution in [3.63, 3.8) is 0 Å². The summed E-state index contributed by atoms with van der Waals surface area (Å²) in [5, 5.41) is 3.21.